The molecule has 2 N–H and O–H groups in total. The summed E-state index contributed by atoms with van der Waals surface area (Å²) >= 11 is 6.90. The lowest BCUT2D eigenvalue weighted by Gasteiger charge is -2.11. The molecule has 0 atom stereocenters. The van der Waals surface area contributed by atoms with Crippen LogP contribution < -0.4 is 15.4 Å². The molecule has 4 nitrogen and oxygen atoms in total. The maximum atomic E-state index is 12.3. The monoisotopic (exact) mass is 374 g/mol. The zero-order valence-electron chi connectivity index (χ0n) is 14.4. The number of thioether (sulfide) groups is 1. The molecular weight excluding hydrogens is 352 g/mol. The molecule has 132 valence electrons. The minimum atomic E-state index is -0.253. The van der Waals surface area contributed by atoms with Gasteiger partial charge in [-0.1, -0.05) is 25.1 Å². The van der Waals surface area contributed by atoms with Crippen molar-refractivity contribution >= 4 is 35.0 Å². The number of nitrogens with one attached hydrogen (secondary N) is 2. The number of amides is 1. The van der Waals surface area contributed by atoms with Crippen molar-refractivity contribution in [3.63, 3.8) is 0 Å². The Morgan fingerprint density at radius 1 is 1.20 bits per heavy atom. The molecule has 0 saturated carbocycles. The van der Waals surface area contributed by atoms with Gasteiger partial charge in [0.2, 0.25) is 0 Å². The van der Waals surface area contributed by atoms with Crippen LogP contribution in [0.2, 0.25) is 0 Å². The zero-order valence-corrected chi connectivity index (χ0v) is 16.0. The number of hydrogen-bond donors (Lipinski definition) is 2. The van der Waals surface area contributed by atoms with Gasteiger partial charge in [-0.2, -0.15) is 0 Å². The predicted octanol–water partition coefficient (Wildman–Crippen LogP) is 4.00. The summed E-state index contributed by atoms with van der Waals surface area (Å²) < 4.78 is 5.54. The molecule has 2 aromatic carbocycles. The van der Waals surface area contributed by atoms with Crippen molar-refractivity contribution < 1.29 is 9.53 Å². The zero-order chi connectivity index (χ0) is 18.1. The van der Waals surface area contributed by atoms with Crippen molar-refractivity contribution in [2.24, 2.45) is 0 Å². The molecule has 0 aliphatic heterocycles. The average molecular weight is 375 g/mol. The maximum Gasteiger partial charge on any atom is 0.257 e. The Morgan fingerprint density at radius 2 is 1.96 bits per heavy atom. The van der Waals surface area contributed by atoms with Crippen LogP contribution >= 0.6 is 24.0 Å². The molecule has 0 aromatic heterocycles. The second kappa shape index (κ2) is 10.1. The highest BCUT2D eigenvalue weighted by atomic mass is 32.2. The molecule has 25 heavy (non-hydrogen) atoms. The Kier molecular flexibility index (Phi) is 7.76. The second-order valence-electron chi connectivity index (χ2n) is 5.36. The van der Waals surface area contributed by atoms with Crippen molar-refractivity contribution in [2.45, 2.75) is 24.8 Å². The van der Waals surface area contributed by atoms with Crippen LogP contribution in [0.5, 0.6) is 5.75 Å². The van der Waals surface area contributed by atoms with Crippen LogP contribution in [0.3, 0.4) is 0 Å². The number of thiocarbonyl (C=S) groups is 1. The molecule has 6 heteroatoms. The van der Waals surface area contributed by atoms with E-state index < -0.39 is 0 Å². The van der Waals surface area contributed by atoms with Gasteiger partial charge >= 0.3 is 0 Å². The van der Waals surface area contributed by atoms with Crippen molar-refractivity contribution in [1.29, 1.82) is 0 Å². The highest BCUT2D eigenvalue weighted by molar-refractivity contribution is 7.98. The minimum absolute atomic E-state index is 0.253. The first-order valence-electron chi connectivity index (χ1n) is 8.07. The largest absolute Gasteiger partial charge is 0.494 e. The van der Waals surface area contributed by atoms with Gasteiger partial charge in [-0.05, 0) is 60.8 Å². The van der Waals surface area contributed by atoms with Gasteiger partial charge in [-0.25, -0.2) is 0 Å². The normalized spacial score (nSPS) is 10.2. The van der Waals surface area contributed by atoms with E-state index in [1.165, 1.54) is 4.90 Å². The fourth-order valence-electron chi connectivity index (χ4n) is 2.09. The van der Waals surface area contributed by atoms with Crippen molar-refractivity contribution in [2.75, 3.05) is 12.9 Å². The van der Waals surface area contributed by atoms with Crippen LogP contribution in [0.1, 0.15) is 29.3 Å². The topological polar surface area (TPSA) is 50.4 Å². The van der Waals surface area contributed by atoms with E-state index in [0.29, 0.717) is 29.6 Å². The molecule has 0 fully saturated rings. The van der Waals surface area contributed by atoms with Gasteiger partial charge in [0.1, 0.15) is 5.75 Å². The van der Waals surface area contributed by atoms with E-state index in [1.807, 2.05) is 31.4 Å². The molecule has 0 spiro atoms. The van der Waals surface area contributed by atoms with E-state index in [9.17, 15) is 4.79 Å². The lowest BCUT2D eigenvalue weighted by molar-refractivity contribution is 0.0976. The van der Waals surface area contributed by atoms with Crippen molar-refractivity contribution in [3.8, 4) is 5.75 Å². The number of carbonyl (C=O) groups is 1. The highest BCUT2D eigenvalue weighted by Gasteiger charge is 2.09. The standard InChI is InChI=1S/C19H22N2O2S2/c1-3-11-23-16-6-4-5-15(12-16)18(22)21-19(24)20-13-14-7-9-17(25-2)10-8-14/h4-10,12H,3,11,13H2,1-2H3,(H2,20,21,22,24). The molecule has 2 rings (SSSR count). The molecule has 0 bridgehead atoms. The molecule has 0 radical (unpaired) electrons. The number of rotatable bonds is 7. The van der Waals surface area contributed by atoms with E-state index >= 15 is 0 Å². The number of ether oxygens (including phenoxy) is 1. The number of carbonyl (C=O) groups excluding carboxylic acids is 1. The Bertz CT molecular complexity index is 718. The van der Waals surface area contributed by atoms with Gasteiger partial charge in [-0.3, -0.25) is 10.1 Å². The summed E-state index contributed by atoms with van der Waals surface area (Å²) in [5.41, 5.74) is 1.62. The predicted molar refractivity (Wildman–Crippen MR) is 107 cm³/mol. The fourth-order valence-corrected chi connectivity index (χ4v) is 2.67. The lowest BCUT2D eigenvalue weighted by Crippen LogP contribution is -2.38. The third-order valence-electron chi connectivity index (χ3n) is 3.41. The van der Waals surface area contributed by atoms with Gasteiger partial charge in [-0.15, -0.1) is 11.8 Å². The first-order chi connectivity index (χ1) is 12.1. The van der Waals surface area contributed by atoms with Crippen molar-refractivity contribution in [1.82, 2.24) is 10.6 Å². The number of hydrogen-bond acceptors (Lipinski definition) is 4. The number of benzene rings is 2. The lowest BCUT2D eigenvalue weighted by atomic mass is 10.2. The molecule has 0 aliphatic rings. The molecule has 0 unspecified atom stereocenters. The Morgan fingerprint density at radius 3 is 2.64 bits per heavy atom. The van der Waals surface area contributed by atoms with Crippen LogP contribution in [0.25, 0.3) is 0 Å². The first kappa shape index (κ1) is 19.3. The van der Waals surface area contributed by atoms with Gasteiger partial charge < -0.3 is 10.1 Å². The van der Waals surface area contributed by atoms with Crippen LogP contribution in [0.15, 0.2) is 53.4 Å². The van der Waals surface area contributed by atoms with Crippen molar-refractivity contribution in [3.05, 3.63) is 59.7 Å². The van der Waals surface area contributed by atoms with E-state index in [0.717, 1.165) is 12.0 Å². The molecule has 1 amide bonds. The van der Waals surface area contributed by atoms with Crippen LogP contribution in [-0.2, 0) is 6.54 Å². The van der Waals surface area contributed by atoms with Gasteiger partial charge in [0.15, 0.2) is 5.11 Å². The average Bonchev–Trinajstić information content (AvgIpc) is 2.65. The second-order valence-corrected chi connectivity index (χ2v) is 6.65. The minimum Gasteiger partial charge on any atom is -0.494 e. The SMILES string of the molecule is CCCOc1cccc(C(=O)NC(=S)NCc2ccc(SC)cc2)c1. The molecule has 0 heterocycles. The van der Waals surface area contributed by atoms with E-state index in [-0.39, 0.29) is 5.91 Å². The third-order valence-corrected chi connectivity index (χ3v) is 4.40. The Labute approximate surface area is 158 Å². The molecular formula is C19H22N2O2S2. The summed E-state index contributed by atoms with van der Waals surface area (Å²) in [4.78, 5) is 13.5. The molecule has 0 saturated heterocycles. The highest BCUT2D eigenvalue weighted by Crippen LogP contribution is 2.15. The maximum absolute atomic E-state index is 12.3. The summed E-state index contributed by atoms with van der Waals surface area (Å²) in [5, 5.41) is 6.05. The van der Waals surface area contributed by atoms with Crippen LogP contribution in [0.4, 0.5) is 0 Å². The summed E-state index contributed by atoms with van der Waals surface area (Å²) in [6.07, 6.45) is 2.96. The smallest absolute Gasteiger partial charge is 0.257 e. The quantitative estimate of drug-likeness (QED) is 0.567. The van der Waals surface area contributed by atoms with Gasteiger partial charge in [0, 0.05) is 17.0 Å². The van der Waals surface area contributed by atoms with E-state index in [1.54, 1.807) is 30.0 Å². The van der Waals surface area contributed by atoms with Crippen LogP contribution in [0, 0.1) is 0 Å². The molecule has 2 aromatic rings. The summed E-state index contributed by atoms with van der Waals surface area (Å²) in [6.45, 7) is 3.23. The molecule has 0 aliphatic carbocycles. The summed E-state index contributed by atoms with van der Waals surface area (Å²) in [5.74, 6) is 0.430. The first-order valence-corrected chi connectivity index (χ1v) is 9.70. The summed E-state index contributed by atoms with van der Waals surface area (Å²) in [6, 6.07) is 15.3. The Balaban J connectivity index is 1.85. The van der Waals surface area contributed by atoms with Crippen LogP contribution in [-0.4, -0.2) is 23.9 Å². The van der Waals surface area contributed by atoms with Gasteiger partial charge in [0.25, 0.3) is 5.91 Å². The van der Waals surface area contributed by atoms with Gasteiger partial charge in [0.05, 0.1) is 6.61 Å². The Hall–Kier alpha value is -2.05. The summed E-state index contributed by atoms with van der Waals surface area (Å²) in [7, 11) is 0. The fraction of sp³-hybridized carbons (Fsp3) is 0.263. The van der Waals surface area contributed by atoms with E-state index in [4.69, 9.17) is 17.0 Å². The van der Waals surface area contributed by atoms with E-state index in [2.05, 4.69) is 22.8 Å². The third kappa shape index (κ3) is 6.40.